The van der Waals surface area contributed by atoms with Crippen LogP contribution in [0, 0.1) is 40.8 Å². The summed E-state index contributed by atoms with van der Waals surface area (Å²) in [6.07, 6.45) is 3.72. The molecule has 14 rings (SSSR count). The summed E-state index contributed by atoms with van der Waals surface area (Å²) in [5.41, 5.74) is 33.8. The molecule has 0 heterocycles. The lowest BCUT2D eigenvalue weighted by molar-refractivity contribution is 0.717. The summed E-state index contributed by atoms with van der Waals surface area (Å²) < 4.78 is 0. The minimum atomic E-state index is -0.382. The van der Waals surface area contributed by atoms with Crippen molar-refractivity contribution in [1.82, 2.24) is 0 Å². The minimum Gasteiger partial charge on any atom is -0.312 e. The Morgan fingerprint density at radius 2 is 0.829 bits per heavy atom. The molecule has 4 aliphatic rings. The molecule has 0 saturated heterocycles. The fraction of sp³-hybridized carbons (Fsp3) is 0.162. The van der Waals surface area contributed by atoms with Crippen molar-refractivity contribution in [3.63, 3.8) is 0 Å². The Labute approximate surface area is 448 Å². The van der Waals surface area contributed by atoms with Gasteiger partial charge in [0.1, 0.15) is 0 Å². The summed E-state index contributed by atoms with van der Waals surface area (Å²) in [4.78, 5) is 7.53. The van der Waals surface area contributed by atoms with Crippen LogP contribution >= 0.6 is 0 Å². The summed E-state index contributed by atoms with van der Waals surface area (Å²) in [6.45, 7) is 24.7. The fourth-order valence-corrected chi connectivity index (χ4v) is 14.5. The van der Waals surface area contributed by atoms with E-state index < -0.39 is 0 Å². The molecule has 0 fully saturated rings. The molecule has 0 saturated carbocycles. The molecule has 0 aromatic heterocycles. The quantitative estimate of drug-likeness (QED) is 0.147. The second-order valence-corrected chi connectivity index (χ2v) is 21.9. The number of hydrogen-bond donors (Lipinski definition) is 0. The maximum Gasteiger partial charge on any atom is 0.240 e. The maximum absolute atomic E-state index is 7.65. The average molecular weight is 975 g/mol. The first kappa shape index (κ1) is 46.9. The van der Waals surface area contributed by atoms with Gasteiger partial charge in [0.15, 0.2) is 0 Å². The number of hydrogen-bond acceptors (Lipinski definition) is 0. The third kappa shape index (κ3) is 7.35. The zero-order valence-electron chi connectivity index (χ0n) is 43.8. The molecule has 10 aromatic carbocycles. The monoisotopic (exact) mass is 974 g/mol. The van der Waals surface area contributed by atoms with E-state index in [1.165, 1.54) is 134 Å². The highest BCUT2D eigenvalue weighted by atomic mass is 14.6. The van der Waals surface area contributed by atoms with Gasteiger partial charge < -0.3 is 9.69 Å². The standard InChI is InChI=1S/2C37H29N/c1-24-18-25(2)20-26(19-24)21-27-11-8-16-34-31(27)22-28-10-4-6-14-32(28)37(34)33-15-7-5-13-30(33)36-29(23-38-3)12-9-17-35(36)37;1-24-16-25(2)18-28(17-24)19-26-12-14-30-22-29-8-4-6-10-33(29)37(35(30)20-26)34-11-7-5-9-31(34)32-15-13-27(23-38-3)21-36(32)37/h4-20H,21-23H2,1-2H3;4-18,20-21H,19,22-23H2,1-2H3. The van der Waals surface area contributed by atoms with Crippen molar-refractivity contribution in [2.75, 3.05) is 0 Å². The van der Waals surface area contributed by atoms with Crippen LogP contribution in [0.5, 0.6) is 0 Å². The van der Waals surface area contributed by atoms with E-state index in [0.717, 1.165) is 36.8 Å². The van der Waals surface area contributed by atoms with Crippen LogP contribution in [0.15, 0.2) is 206 Å². The summed E-state index contributed by atoms with van der Waals surface area (Å²) >= 11 is 0. The predicted octanol–water partition coefficient (Wildman–Crippen LogP) is 17.2. The number of benzene rings is 10. The van der Waals surface area contributed by atoms with Gasteiger partial charge in [-0.3, -0.25) is 0 Å². The molecule has 2 unspecified atom stereocenters. The molecule has 76 heavy (non-hydrogen) atoms. The van der Waals surface area contributed by atoms with Gasteiger partial charge in [-0.05, 0) is 171 Å². The first-order valence-corrected chi connectivity index (χ1v) is 26.9. The highest BCUT2D eigenvalue weighted by Gasteiger charge is 2.52. The second-order valence-electron chi connectivity index (χ2n) is 21.9. The van der Waals surface area contributed by atoms with Gasteiger partial charge in [-0.25, -0.2) is 13.1 Å². The molecule has 0 radical (unpaired) electrons. The van der Waals surface area contributed by atoms with Crippen molar-refractivity contribution in [2.45, 2.75) is 77.3 Å². The minimum absolute atomic E-state index is 0.382. The normalized spacial score (nSPS) is 16.3. The third-order valence-electron chi connectivity index (χ3n) is 17.0. The molecule has 364 valence electrons. The van der Waals surface area contributed by atoms with E-state index in [1.807, 2.05) is 0 Å². The van der Waals surface area contributed by atoms with E-state index in [4.69, 9.17) is 13.1 Å². The van der Waals surface area contributed by atoms with Crippen LogP contribution in [0.2, 0.25) is 0 Å². The zero-order valence-corrected chi connectivity index (χ0v) is 43.8. The van der Waals surface area contributed by atoms with Crippen LogP contribution in [0.1, 0.15) is 122 Å². The Kier molecular flexibility index (Phi) is 11.4. The summed E-state index contributed by atoms with van der Waals surface area (Å²) in [5.74, 6) is 0. The molecular weight excluding hydrogens is 917 g/mol. The Balaban J connectivity index is 0.000000146. The number of nitrogens with zero attached hydrogens (tertiary/aromatic N) is 2. The Hall–Kier alpha value is -8.82. The first-order valence-electron chi connectivity index (χ1n) is 26.9. The number of rotatable bonds is 6. The molecule has 4 aliphatic carbocycles. The van der Waals surface area contributed by atoms with Crippen LogP contribution in [-0.2, 0) is 49.6 Å². The van der Waals surface area contributed by atoms with Crippen LogP contribution in [0.25, 0.3) is 31.9 Å². The molecular formula is C74H58N2. The molecule has 0 amide bonds. The predicted molar refractivity (Wildman–Crippen MR) is 311 cm³/mol. The van der Waals surface area contributed by atoms with E-state index in [1.54, 1.807) is 0 Å². The van der Waals surface area contributed by atoms with Gasteiger partial charge in [-0.1, -0.05) is 222 Å². The Morgan fingerprint density at radius 1 is 0.342 bits per heavy atom. The van der Waals surface area contributed by atoms with E-state index >= 15 is 0 Å². The molecule has 2 heteroatoms. The number of aryl methyl sites for hydroxylation is 4. The van der Waals surface area contributed by atoms with E-state index in [0.29, 0.717) is 13.1 Å². The first-order chi connectivity index (χ1) is 37.2. The average Bonchev–Trinajstić information content (AvgIpc) is 4.06. The van der Waals surface area contributed by atoms with Gasteiger partial charge in [0.05, 0.1) is 10.8 Å². The molecule has 2 spiro atoms. The van der Waals surface area contributed by atoms with Crippen LogP contribution in [0.4, 0.5) is 0 Å². The highest BCUT2D eigenvalue weighted by Crippen LogP contribution is 2.62. The van der Waals surface area contributed by atoms with Crippen molar-refractivity contribution in [3.05, 3.63) is 351 Å². The fourth-order valence-electron chi connectivity index (χ4n) is 14.5. The summed E-state index contributed by atoms with van der Waals surface area (Å²) in [7, 11) is 0. The molecule has 0 aliphatic heterocycles. The van der Waals surface area contributed by atoms with Crippen molar-refractivity contribution in [3.8, 4) is 22.3 Å². The number of fused-ring (bicyclic) bond motifs is 18. The van der Waals surface area contributed by atoms with Gasteiger partial charge in [0.25, 0.3) is 0 Å². The maximum atomic E-state index is 7.65. The SMILES string of the molecule is [C-]#[N+]Cc1ccc2c(c1)C1(c3ccccc3Cc3ccc(Cc4cc(C)cc(C)c4)cc31)c1ccccc1-2.[C-]#[N+]Cc1cccc2c1-c1ccccc1C21c2ccccc2Cc2c(Cc3cc(C)cc(C)c3)cccc21. The van der Waals surface area contributed by atoms with Crippen molar-refractivity contribution in [2.24, 2.45) is 0 Å². The molecule has 2 atom stereocenters. The summed E-state index contributed by atoms with van der Waals surface area (Å²) in [5, 5.41) is 0. The lowest BCUT2D eigenvalue weighted by atomic mass is 9.61. The van der Waals surface area contributed by atoms with Crippen LogP contribution in [-0.4, -0.2) is 0 Å². The smallest absolute Gasteiger partial charge is 0.240 e. The van der Waals surface area contributed by atoms with Gasteiger partial charge in [0, 0.05) is 11.1 Å². The van der Waals surface area contributed by atoms with Gasteiger partial charge in [-0.2, -0.15) is 0 Å². The zero-order chi connectivity index (χ0) is 51.7. The van der Waals surface area contributed by atoms with E-state index in [9.17, 15) is 0 Å². The summed E-state index contributed by atoms with van der Waals surface area (Å²) in [6, 6.07) is 77.1. The lowest BCUT2D eigenvalue weighted by Gasteiger charge is -2.41. The van der Waals surface area contributed by atoms with Gasteiger partial charge in [0.2, 0.25) is 13.1 Å². The van der Waals surface area contributed by atoms with Gasteiger partial charge >= 0.3 is 0 Å². The molecule has 0 N–H and O–H groups in total. The lowest BCUT2D eigenvalue weighted by Crippen LogP contribution is -2.34. The van der Waals surface area contributed by atoms with E-state index in [-0.39, 0.29) is 10.8 Å². The van der Waals surface area contributed by atoms with Crippen LogP contribution in [0.3, 0.4) is 0 Å². The van der Waals surface area contributed by atoms with Crippen molar-refractivity contribution >= 4 is 0 Å². The van der Waals surface area contributed by atoms with Crippen LogP contribution < -0.4 is 0 Å². The van der Waals surface area contributed by atoms with Crippen molar-refractivity contribution < 1.29 is 0 Å². The van der Waals surface area contributed by atoms with Crippen molar-refractivity contribution in [1.29, 1.82) is 0 Å². The third-order valence-corrected chi connectivity index (χ3v) is 17.0. The molecule has 0 bridgehead atoms. The Morgan fingerprint density at radius 3 is 1.50 bits per heavy atom. The molecule has 2 nitrogen and oxygen atoms in total. The van der Waals surface area contributed by atoms with E-state index in [2.05, 4.69) is 244 Å². The highest BCUT2D eigenvalue weighted by molar-refractivity contribution is 5.90. The van der Waals surface area contributed by atoms with Gasteiger partial charge in [-0.15, -0.1) is 0 Å². The topological polar surface area (TPSA) is 8.72 Å². The largest absolute Gasteiger partial charge is 0.312 e. The second kappa shape index (κ2) is 18.5. The molecule has 10 aromatic rings. The Bertz CT molecular complexity index is 4040.